The van der Waals surface area contributed by atoms with E-state index >= 15 is 0 Å². The van der Waals surface area contributed by atoms with Gasteiger partial charge >= 0.3 is 11.9 Å². The van der Waals surface area contributed by atoms with Gasteiger partial charge in [-0.1, -0.05) is 64.3 Å². The lowest BCUT2D eigenvalue weighted by Gasteiger charge is -2.79. The molecule has 1 saturated heterocycles. The molecule has 0 radical (unpaired) electrons. The Morgan fingerprint density at radius 2 is 1.75 bits per heavy atom. The first kappa shape index (κ1) is 40.3. The molecule has 18 atom stereocenters. The minimum Gasteiger partial charge on any atom is -0.481 e. The standard InChI is InChI=1S/C46H66O11/c1-40(2)29-10-15-42(4)36-26(19-25-9-6-14-45(29,36)28(25)21-31(40)56-38-34(50)32(48)33(49)35(57-38)37(51)52)20-30-43(42,13-8-18-47)16-17-46(39(53)54)27(23-55-5)22-41(3)11-7-12-44(30,46)24-41/h7,12,18,20,25-29,31-36,38,48-50H,6,8-11,13-17,19,21-24H2,1-5H3,(H,51,52)(H,53,54)/t25-,26-,27+,28-,29+,31+,32+,33+,34-,35+,36+,38-,41+,42-,43-,44+,45-,46+/m1/s1. The number of carboxylic acid groups (broad SMARTS) is 2. The Kier molecular flexibility index (Phi) is 9.31. The highest BCUT2D eigenvalue weighted by Gasteiger charge is 2.79. The fourth-order valence-corrected chi connectivity index (χ4v) is 17.7. The molecule has 4 bridgehead atoms. The van der Waals surface area contributed by atoms with Gasteiger partial charge in [-0.2, -0.15) is 0 Å². The van der Waals surface area contributed by atoms with Gasteiger partial charge in [0.25, 0.3) is 0 Å². The molecule has 9 rings (SSSR count). The number of carboxylic acids is 2. The van der Waals surface area contributed by atoms with Crippen LogP contribution in [0.2, 0.25) is 0 Å². The molecule has 57 heavy (non-hydrogen) atoms. The van der Waals surface area contributed by atoms with Gasteiger partial charge in [-0.3, -0.25) is 4.79 Å². The molecule has 9 aliphatic rings. The van der Waals surface area contributed by atoms with E-state index in [2.05, 4.69) is 45.9 Å². The number of rotatable bonds is 9. The Morgan fingerprint density at radius 3 is 2.46 bits per heavy atom. The van der Waals surface area contributed by atoms with E-state index in [1.807, 2.05) is 0 Å². The summed E-state index contributed by atoms with van der Waals surface area (Å²) in [5.74, 6) is -0.672. The maximum absolute atomic E-state index is 14.1. The van der Waals surface area contributed by atoms with E-state index in [4.69, 9.17) is 14.2 Å². The minimum absolute atomic E-state index is 0.0230. The van der Waals surface area contributed by atoms with E-state index < -0.39 is 58.9 Å². The molecular weight excluding hydrogens is 728 g/mol. The number of ether oxygens (including phenoxy) is 3. The number of aliphatic hydroxyl groups excluding tert-OH is 3. The van der Waals surface area contributed by atoms with Crippen LogP contribution >= 0.6 is 0 Å². The van der Waals surface area contributed by atoms with Gasteiger partial charge in [0.2, 0.25) is 0 Å². The number of fused-ring (bicyclic) bond motifs is 3. The SMILES string of the molecule is COC[C@@H]1C[C@]2(C)CC=C[C@]3(C2)C2=C[C@H]4C[C@H]5CCC[C@@]67[C@@H]5C[C@H](O[C@@H]5O[C@H](C(=O)O)[C@@H](O)[C@H](O)[C@H]5O)C(C)(C)[C@@H]6CC[C@](C)([C@H]47)[C@]2(CCC=O)CC[C@@]13C(=O)O. The molecule has 2 spiro atoms. The molecule has 11 heteroatoms. The van der Waals surface area contributed by atoms with Crippen LogP contribution in [-0.4, -0.2) is 94.3 Å². The fourth-order valence-electron chi connectivity index (χ4n) is 17.7. The van der Waals surface area contributed by atoms with Gasteiger partial charge in [0, 0.05) is 24.9 Å². The van der Waals surface area contributed by atoms with Crippen LogP contribution in [0, 0.1) is 73.4 Å². The Bertz CT molecular complexity index is 1740. The summed E-state index contributed by atoms with van der Waals surface area (Å²) in [4.78, 5) is 38.7. The Balaban J connectivity index is 1.18. The second kappa shape index (κ2) is 13.2. The third-order valence-electron chi connectivity index (χ3n) is 19.4. The van der Waals surface area contributed by atoms with Crippen molar-refractivity contribution in [2.75, 3.05) is 13.7 Å². The van der Waals surface area contributed by atoms with Gasteiger partial charge < -0.3 is 44.5 Å². The molecule has 1 heterocycles. The van der Waals surface area contributed by atoms with E-state index in [-0.39, 0.29) is 45.5 Å². The summed E-state index contributed by atoms with van der Waals surface area (Å²) in [7, 11) is 1.70. The van der Waals surface area contributed by atoms with Crippen LogP contribution in [0.5, 0.6) is 0 Å². The van der Waals surface area contributed by atoms with Gasteiger partial charge in [-0.15, -0.1) is 0 Å². The van der Waals surface area contributed by atoms with Crippen LogP contribution in [0.15, 0.2) is 23.8 Å². The summed E-state index contributed by atoms with van der Waals surface area (Å²) >= 11 is 0. The van der Waals surface area contributed by atoms with Crippen LogP contribution in [0.1, 0.15) is 118 Å². The summed E-state index contributed by atoms with van der Waals surface area (Å²) < 4.78 is 18.3. The smallest absolute Gasteiger partial charge is 0.335 e. The van der Waals surface area contributed by atoms with Crippen molar-refractivity contribution in [2.45, 2.75) is 154 Å². The number of aldehydes is 1. The number of hydrogen-bond donors (Lipinski definition) is 5. The van der Waals surface area contributed by atoms with Crippen LogP contribution in [0.3, 0.4) is 0 Å². The molecule has 0 aromatic heterocycles. The normalized spacial score (nSPS) is 54.0. The molecule has 0 unspecified atom stereocenters. The quantitative estimate of drug-likeness (QED) is 0.106. The summed E-state index contributed by atoms with van der Waals surface area (Å²) in [6, 6.07) is 0. The lowest BCUT2D eigenvalue weighted by atomic mass is 9.24. The van der Waals surface area contributed by atoms with Crippen molar-refractivity contribution < 1.29 is 54.1 Å². The van der Waals surface area contributed by atoms with Gasteiger partial charge in [-0.05, 0) is 127 Å². The molecule has 316 valence electrons. The van der Waals surface area contributed by atoms with E-state index in [1.165, 1.54) is 5.57 Å². The summed E-state index contributed by atoms with van der Waals surface area (Å²) in [5, 5.41) is 53.5. The second-order valence-electron chi connectivity index (χ2n) is 21.7. The highest BCUT2D eigenvalue weighted by atomic mass is 16.7. The number of carbonyl (C=O) groups is 3. The fraction of sp³-hybridized carbons (Fsp3) is 0.848. The van der Waals surface area contributed by atoms with Gasteiger partial charge in [-0.25, -0.2) is 4.79 Å². The van der Waals surface area contributed by atoms with Crippen molar-refractivity contribution in [2.24, 2.45) is 73.4 Å². The van der Waals surface area contributed by atoms with Gasteiger partial charge in [0.05, 0.1) is 18.1 Å². The Hall–Kier alpha value is -2.15. The van der Waals surface area contributed by atoms with Crippen molar-refractivity contribution >= 4 is 18.2 Å². The summed E-state index contributed by atoms with van der Waals surface area (Å²) in [5.41, 5.74) is -1.33. The first-order valence-electron chi connectivity index (χ1n) is 22.1. The third-order valence-corrected chi connectivity index (χ3v) is 19.4. The van der Waals surface area contributed by atoms with Gasteiger partial charge in [0.1, 0.15) is 24.6 Å². The number of allylic oxidation sites excluding steroid dienone is 4. The van der Waals surface area contributed by atoms with Crippen molar-refractivity contribution in [1.29, 1.82) is 0 Å². The van der Waals surface area contributed by atoms with E-state index in [1.54, 1.807) is 7.11 Å². The first-order chi connectivity index (χ1) is 26.9. The zero-order chi connectivity index (χ0) is 40.7. The van der Waals surface area contributed by atoms with Crippen LogP contribution < -0.4 is 0 Å². The van der Waals surface area contributed by atoms with Crippen molar-refractivity contribution in [3.63, 3.8) is 0 Å². The van der Waals surface area contributed by atoms with Crippen molar-refractivity contribution in [1.82, 2.24) is 0 Å². The van der Waals surface area contributed by atoms with Crippen LogP contribution in [0.4, 0.5) is 0 Å². The predicted molar refractivity (Wildman–Crippen MR) is 207 cm³/mol. The molecule has 11 nitrogen and oxygen atoms in total. The van der Waals surface area contributed by atoms with E-state index in [0.717, 1.165) is 83.3 Å². The number of carbonyl (C=O) groups excluding carboxylic acids is 1. The van der Waals surface area contributed by atoms with Crippen LogP contribution in [0.25, 0.3) is 0 Å². The van der Waals surface area contributed by atoms with Crippen molar-refractivity contribution in [3.05, 3.63) is 23.8 Å². The van der Waals surface area contributed by atoms with Gasteiger partial charge in [0.15, 0.2) is 12.4 Å². The molecule has 5 N–H and O–H groups in total. The first-order valence-corrected chi connectivity index (χ1v) is 22.1. The molecule has 8 aliphatic carbocycles. The average Bonchev–Trinajstić information content (AvgIpc) is 3.13. The molecule has 0 aromatic rings. The maximum Gasteiger partial charge on any atom is 0.335 e. The zero-order valence-electron chi connectivity index (χ0n) is 34.5. The maximum atomic E-state index is 14.1. The zero-order valence-corrected chi connectivity index (χ0v) is 34.5. The molecule has 0 aromatic carbocycles. The highest BCUT2D eigenvalue weighted by Crippen LogP contribution is 2.85. The lowest BCUT2D eigenvalue weighted by molar-refractivity contribution is -0.342. The molecular formula is C46H66O11. The van der Waals surface area contributed by atoms with E-state index in [9.17, 15) is 39.9 Å². The number of hydrogen-bond acceptors (Lipinski definition) is 9. The van der Waals surface area contributed by atoms with E-state index in [0.29, 0.717) is 37.2 Å². The summed E-state index contributed by atoms with van der Waals surface area (Å²) in [6.45, 7) is 9.84. The largest absolute Gasteiger partial charge is 0.481 e. The molecule has 6 saturated carbocycles. The topological polar surface area (TPSA) is 180 Å². The minimum atomic E-state index is -1.78. The average molecular weight is 795 g/mol. The number of aliphatic carboxylic acids is 2. The summed E-state index contributed by atoms with van der Waals surface area (Å²) in [6.07, 6.45) is 11.7. The third kappa shape index (κ3) is 4.96. The number of aliphatic hydroxyl groups is 3. The molecule has 1 aliphatic heterocycles. The highest BCUT2D eigenvalue weighted by molar-refractivity contribution is 5.79. The molecule has 0 amide bonds. The Labute approximate surface area is 337 Å². The Morgan fingerprint density at radius 1 is 0.982 bits per heavy atom. The predicted octanol–water partition coefficient (Wildman–Crippen LogP) is 5.93. The lowest BCUT2D eigenvalue weighted by Crippen LogP contribution is -2.75. The molecule has 7 fully saturated rings. The van der Waals surface area contributed by atoms with Crippen molar-refractivity contribution in [3.8, 4) is 0 Å². The number of methoxy groups -OCH3 is 1. The second-order valence-corrected chi connectivity index (χ2v) is 21.7. The monoisotopic (exact) mass is 794 g/mol. The van der Waals surface area contributed by atoms with Crippen LogP contribution in [-0.2, 0) is 28.6 Å².